The molecule has 0 aromatic heterocycles. The van der Waals surface area contributed by atoms with Crippen LogP contribution < -0.4 is 11.1 Å². The summed E-state index contributed by atoms with van der Waals surface area (Å²) in [5, 5.41) is 3.14. The number of nitrogens with zero attached hydrogens (tertiary/aromatic N) is 1. The van der Waals surface area contributed by atoms with E-state index in [0.717, 1.165) is 31.8 Å². The van der Waals surface area contributed by atoms with Crippen molar-refractivity contribution in [2.75, 3.05) is 24.6 Å². The van der Waals surface area contributed by atoms with Crippen LogP contribution in [-0.4, -0.2) is 30.6 Å². The second-order valence-electron chi connectivity index (χ2n) is 5.20. The van der Waals surface area contributed by atoms with Crippen molar-refractivity contribution in [1.29, 1.82) is 0 Å². The molecule has 0 aromatic rings. The molecule has 0 saturated carbocycles. The topological polar surface area (TPSA) is 50.4 Å². The average Bonchev–Trinajstić information content (AvgIpc) is 2.22. The van der Waals surface area contributed by atoms with Gasteiger partial charge in [0.2, 0.25) is 0 Å². The van der Waals surface area contributed by atoms with E-state index in [1.807, 2.05) is 11.8 Å². The largest absolute Gasteiger partial charge is 0.370 e. The molecule has 0 aliphatic heterocycles. The van der Waals surface area contributed by atoms with Crippen LogP contribution in [0.15, 0.2) is 4.99 Å². The number of guanidine groups is 1. The zero-order valence-electron chi connectivity index (χ0n) is 11.8. The Morgan fingerprint density at radius 1 is 1.24 bits per heavy atom. The maximum atomic E-state index is 5.75. The summed E-state index contributed by atoms with van der Waals surface area (Å²) in [6, 6.07) is 0. The van der Waals surface area contributed by atoms with Crippen LogP contribution in [0, 0.1) is 11.8 Å². The van der Waals surface area contributed by atoms with Gasteiger partial charge in [-0.25, -0.2) is 0 Å². The number of hydrogen-bond donors (Lipinski definition) is 2. The standard InChI is InChI=1S/C13H29N3S/c1-11(2)6-8-16-13(14)15-7-5-9-17-10-12(3)4/h11-12H,5-10H2,1-4H3,(H3,14,15,16). The van der Waals surface area contributed by atoms with Gasteiger partial charge in [0.25, 0.3) is 0 Å². The molecule has 0 amide bonds. The molecule has 17 heavy (non-hydrogen) atoms. The molecule has 0 atom stereocenters. The normalized spacial score (nSPS) is 12.5. The summed E-state index contributed by atoms with van der Waals surface area (Å²) in [5.41, 5.74) is 5.75. The van der Waals surface area contributed by atoms with Crippen molar-refractivity contribution >= 4 is 17.7 Å². The van der Waals surface area contributed by atoms with Crippen molar-refractivity contribution in [2.45, 2.75) is 40.5 Å². The van der Waals surface area contributed by atoms with Crippen LogP contribution in [0.2, 0.25) is 0 Å². The fourth-order valence-electron chi connectivity index (χ4n) is 1.23. The van der Waals surface area contributed by atoms with Gasteiger partial charge < -0.3 is 11.1 Å². The van der Waals surface area contributed by atoms with Gasteiger partial charge in [0.1, 0.15) is 0 Å². The number of aliphatic imine (C=N–C) groups is 1. The minimum atomic E-state index is 0.597. The zero-order valence-corrected chi connectivity index (χ0v) is 12.6. The van der Waals surface area contributed by atoms with Gasteiger partial charge in [-0.1, -0.05) is 27.7 Å². The first kappa shape index (κ1) is 16.6. The second kappa shape index (κ2) is 10.8. The first-order chi connectivity index (χ1) is 8.02. The third kappa shape index (κ3) is 13.6. The highest BCUT2D eigenvalue weighted by Gasteiger charge is 1.96. The molecular formula is C13H29N3S. The molecule has 3 nitrogen and oxygen atoms in total. The Hall–Kier alpha value is -0.380. The van der Waals surface area contributed by atoms with Crippen molar-refractivity contribution in [2.24, 2.45) is 22.6 Å². The molecular weight excluding hydrogens is 230 g/mol. The molecule has 0 unspecified atom stereocenters. The summed E-state index contributed by atoms with van der Waals surface area (Å²) in [6.07, 6.45) is 2.25. The third-order valence-corrected chi connectivity index (χ3v) is 3.69. The van der Waals surface area contributed by atoms with E-state index in [2.05, 4.69) is 38.0 Å². The van der Waals surface area contributed by atoms with Gasteiger partial charge in [-0.3, -0.25) is 4.99 Å². The molecule has 4 heteroatoms. The van der Waals surface area contributed by atoms with Gasteiger partial charge >= 0.3 is 0 Å². The maximum Gasteiger partial charge on any atom is 0.188 e. The van der Waals surface area contributed by atoms with Crippen molar-refractivity contribution in [3.63, 3.8) is 0 Å². The number of nitrogens with one attached hydrogen (secondary N) is 1. The van der Waals surface area contributed by atoms with E-state index >= 15 is 0 Å². The van der Waals surface area contributed by atoms with Gasteiger partial charge in [0.15, 0.2) is 5.96 Å². The van der Waals surface area contributed by atoms with Crippen molar-refractivity contribution in [1.82, 2.24) is 5.32 Å². The van der Waals surface area contributed by atoms with Crippen LogP contribution in [0.4, 0.5) is 0 Å². The fourth-order valence-corrected chi connectivity index (χ4v) is 2.20. The Labute approximate surface area is 111 Å². The van der Waals surface area contributed by atoms with Gasteiger partial charge in [-0.05, 0) is 36.2 Å². The van der Waals surface area contributed by atoms with E-state index in [1.54, 1.807) is 0 Å². The predicted molar refractivity (Wildman–Crippen MR) is 80.7 cm³/mol. The molecule has 0 spiro atoms. The minimum absolute atomic E-state index is 0.597. The first-order valence-electron chi connectivity index (χ1n) is 6.64. The van der Waals surface area contributed by atoms with Crippen molar-refractivity contribution in [3.8, 4) is 0 Å². The smallest absolute Gasteiger partial charge is 0.188 e. The van der Waals surface area contributed by atoms with Crippen LogP contribution in [0.1, 0.15) is 40.5 Å². The van der Waals surface area contributed by atoms with E-state index in [4.69, 9.17) is 5.73 Å². The van der Waals surface area contributed by atoms with Crippen LogP contribution >= 0.6 is 11.8 Å². The molecule has 0 aromatic carbocycles. The number of hydrogen-bond acceptors (Lipinski definition) is 2. The average molecular weight is 259 g/mol. The van der Waals surface area contributed by atoms with Crippen molar-refractivity contribution < 1.29 is 0 Å². The highest BCUT2D eigenvalue weighted by atomic mass is 32.2. The van der Waals surface area contributed by atoms with E-state index in [1.165, 1.54) is 11.5 Å². The SMILES string of the molecule is CC(C)CCNC(N)=NCCCSCC(C)C. The lowest BCUT2D eigenvalue weighted by Crippen LogP contribution is -2.33. The summed E-state index contributed by atoms with van der Waals surface area (Å²) in [4.78, 5) is 4.31. The van der Waals surface area contributed by atoms with E-state index in [-0.39, 0.29) is 0 Å². The summed E-state index contributed by atoms with van der Waals surface area (Å²) in [7, 11) is 0. The Kier molecular flexibility index (Phi) is 10.5. The molecule has 0 rings (SSSR count). The van der Waals surface area contributed by atoms with Crippen LogP contribution in [0.3, 0.4) is 0 Å². The van der Waals surface area contributed by atoms with Crippen LogP contribution in [0.25, 0.3) is 0 Å². The summed E-state index contributed by atoms with van der Waals surface area (Å²) in [6.45, 7) is 10.7. The Balaban J connectivity index is 3.37. The van der Waals surface area contributed by atoms with E-state index in [0.29, 0.717) is 11.9 Å². The number of thioether (sulfide) groups is 1. The minimum Gasteiger partial charge on any atom is -0.370 e. The Morgan fingerprint density at radius 2 is 1.94 bits per heavy atom. The van der Waals surface area contributed by atoms with Gasteiger partial charge in [0, 0.05) is 13.1 Å². The van der Waals surface area contributed by atoms with Gasteiger partial charge in [0.05, 0.1) is 0 Å². The molecule has 0 bridgehead atoms. The zero-order chi connectivity index (χ0) is 13.1. The summed E-state index contributed by atoms with van der Waals surface area (Å²) < 4.78 is 0. The molecule has 0 saturated heterocycles. The molecule has 102 valence electrons. The second-order valence-corrected chi connectivity index (χ2v) is 6.35. The molecule has 0 fully saturated rings. The molecule has 0 aliphatic carbocycles. The summed E-state index contributed by atoms with van der Waals surface area (Å²) >= 11 is 2.00. The molecule has 0 radical (unpaired) electrons. The van der Waals surface area contributed by atoms with E-state index in [9.17, 15) is 0 Å². The Morgan fingerprint density at radius 3 is 2.53 bits per heavy atom. The fraction of sp³-hybridized carbons (Fsp3) is 0.923. The van der Waals surface area contributed by atoms with Gasteiger partial charge in [-0.15, -0.1) is 0 Å². The molecule has 3 N–H and O–H groups in total. The predicted octanol–water partition coefficient (Wildman–Crippen LogP) is 2.72. The lowest BCUT2D eigenvalue weighted by atomic mass is 10.1. The van der Waals surface area contributed by atoms with Crippen molar-refractivity contribution in [3.05, 3.63) is 0 Å². The highest BCUT2D eigenvalue weighted by molar-refractivity contribution is 7.99. The quantitative estimate of drug-likeness (QED) is 0.380. The molecule has 0 heterocycles. The van der Waals surface area contributed by atoms with E-state index < -0.39 is 0 Å². The number of rotatable bonds is 9. The Bertz CT molecular complexity index is 203. The van der Waals surface area contributed by atoms with Gasteiger partial charge in [-0.2, -0.15) is 11.8 Å². The lowest BCUT2D eigenvalue weighted by Gasteiger charge is -2.07. The lowest BCUT2D eigenvalue weighted by molar-refractivity contribution is 0.576. The highest BCUT2D eigenvalue weighted by Crippen LogP contribution is 2.08. The van der Waals surface area contributed by atoms with Crippen LogP contribution in [0.5, 0.6) is 0 Å². The third-order valence-electron chi connectivity index (χ3n) is 2.21. The number of nitrogens with two attached hydrogens (primary N) is 1. The first-order valence-corrected chi connectivity index (χ1v) is 7.79. The molecule has 0 aliphatic rings. The summed E-state index contributed by atoms with van der Waals surface area (Å²) in [5.74, 6) is 4.51. The van der Waals surface area contributed by atoms with Crippen LogP contribution in [-0.2, 0) is 0 Å². The maximum absolute atomic E-state index is 5.75. The monoisotopic (exact) mass is 259 g/mol.